The Balaban J connectivity index is 2.27. The average molecular weight is 284 g/mol. The quantitative estimate of drug-likeness (QED) is 0.630. The van der Waals surface area contributed by atoms with Crippen molar-refractivity contribution in [2.75, 3.05) is 0 Å². The van der Waals surface area contributed by atoms with Gasteiger partial charge in [-0.2, -0.15) is 0 Å². The summed E-state index contributed by atoms with van der Waals surface area (Å²) in [7, 11) is 0. The number of nitrogens with one attached hydrogen (secondary N) is 1. The van der Waals surface area contributed by atoms with Crippen LogP contribution < -0.4 is 0 Å². The molecule has 0 saturated heterocycles. The monoisotopic (exact) mass is 284 g/mol. The van der Waals surface area contributed by atoms with E-state index >= 15 is 0 Å². The van der Waals surface area contributed by atoms with Gasteiger partial charge >= 0.3 is 0 Å². The number of imidazole rings is 1. The average Bonchev–Trinajstić information content (AvgIpc) is 2.86. The smallest absolute Gasteiger partial charge is 0.181 e. The van der Waals surface area contributed by atoms with Crippen LogP contribution in [-0.4, -0.2) is 19.8 Å². The van der Waals surface area contributed by atoms with Crippen LogP contribution in [0.1, 0.15) is 0 Å². The molecule has 0 fully saturated rings. The lowest BCUT2D eigenvalue weighted by atomic mass is 10.0. The molecule has 5 heteroatoms. The predicted molar refractivity (Wildman–Crippen MR) is 79.7 cm³/mol. The van der Waals surface area contributed by atoms with Crippen LogP contribution >= 0.6 is 12.2 Å². The fourth-order valence-corrected chi connectivity index (χ4v) is 2.39. The normalized spacial score (nSPS) is 10.6. The number of hydrogen-bond acceptors (Lipinski definition) is 3. The molecular formula is C15H12N2O2S. The first-order valence-electron chi connectivity index (χ1n) is 6.04. The Hall–Kier alpha value is -2.53. The number of aromatic amines is 1. The summed E-state index contributed by atoms with van der Waals surface area (Å²) >= 11 is 5.23. The molecule has 3 N–H and O–H groups in total. The summed E-state index contributed by atoms with van der Waals surface area (Å²) in [4.78, 5) is 2.93. The fourth-order valence-electron chi connectivity index (χ4n) is 2.16. The van der Waals surface area contributed by atoms with Crippen molar-refractivity contribution in [2.24, 2.45) is 0 Å². The number of aromatic hydroxyl groups is 2. The van der Waals surface area contributed by atoms with Crippen LogP contribution in [0.3, 0.4) is 0 Å². The third kappa shape index (κ3) is 2.08. The second-order valence-corrected chi connectivity index (χ2v) is 4.74. The molecule has 20 heavy (non-hydrogen) atoms. The van der Waals surface area contributed by atoms with E-state index in [2.05, 4.69) is 4.98 Å². The van der Waals surface area contributed by atoms with Crippen LogP contribution in [0.4, 0.5) is 0 Å². The molecule has 0 aliphatic rings. The molecule has 0 atom stereocenters. The zero-order chi connectivity index (χ0) is 14.1. The maximum absolute atomic E-state index is 10.2. The summed E-state index contributed by atoms with van der Waals surface area (Å²) in [6, 6.07) is 12.0. The molecule has 0 bridgehead atoms. The molecule has 0 saturated carbocycles. The van der Waals surface area contributed by atoms with Crippen LogP contribution in [0.15, 0.2) is 54.9 Å². The topological polar surface area (TPSA) is 61.2 Å². The van der Waals surface area contributed by atoms with E-state index in [1.165, 1.54) is 0 Å². The molecule has 0 aliphatic heterocycles. The Morgan fingerprint density at radius 2 is 1.75 bits per heavy atom. The third-order valence-electron chi connectivity index (χ3n) is 3.09. The van der Waals surface area contributed by atoms with Gasteiger partial charge in [0.1, 0.15) is 11.5 Å². The van der Waals surface area contributed by atoms with Gasteiger partial charge in [-0.3, -0.25) is 4.57 Å². The van der Waals surface area contributed by atoms with Gasteiger partial charge in [-0.15, -0.1) is 0 Å². The van der Waals surface area contributed by atoms with E-state index in [1.807, 2.05) is 6.07 Å². The number of H-pyrrole nitrogens is 1. The first kappa shape index (κ1) is 12.5. The first-order valence-corrected chi connectivity index (χ1v) is 6.45. The fraction of sp³-hybridized carbons (Fsp3) is 0. The second kappa shape index (κ2) is 4.86. The van der Waals surface area contributed by atoms with E-state index in [9.17, 15) is 10.2 Å². The largest absolute Gasteiger partial charge is 0.508 e. The van der Waals surface area contributed by atoms with Crippen molar-refractivity contribution in [3.8, 4) is 28.3 Å². The lowest BCUT2D eigenvalue weighted by molar-refractivity contribution is 0.474. The Bertz CT molecular complexity index is 803. The van der Waals surface area contributed by atoms with Crippen molar-refractivity contribution in [3.05, 3.63) is 59.6 Å². The van der Waals surface area contributed by atoms with Crippen LogP contribution in [0.2, 0.25) is 0 Å². The maximum Gasteiger partial charge on any atom is 0.181 e. The van der Waals surface area contributed by atoms with Gasteiger partial charge in [0.05, 0.1) is 5.69 Å². The lowest BCUT2D eigenvalue weighted by Gasteiger charge is -2.12. The third-order valence-corrected chi connectivity index (χ3v) is 3.40. The Kier molecular flexibility index (Phi) is 3.04. The van der Waals surface area contributed by atoms with Gasteiger partial charge in [0.2, 0.25) is 0 Å². The number of hydrogen-bond donors (Lipinski definition) is 3. The highest BCUT2D eigenvalue weighted by Crippen LogP contribution is 2.35. The molecule has 3 rings (SSSR count). The van der Waals surface area contributed by atoms with Crippen molar-refractivity contribution < 1.29 is 10.2 Å². The SMILES string of the molecule is Oc1ccc(-c2c(O)cccc2-n2cc[nH]c2=S)cc1. The van der Waals surface area contributed by atoms with Crippen molar-refractivity contribution in [1.82, 2.24) is 9.55 Å². The number of phenols is 2. The molecule has 100 valence electrons. The van der Waals surface area contributed by atoms with E-state index in [0.29, 0.717) is 10.3 Å². The van der Waals surface area contributed by atoms with Crippen molar-refractivity contribution in [3.63, 3.8) is 0 Å². The van der Waals surface area contributed by atoms with Gasteiger partial charge in [-0.05, 0) is 42.0 Å². The summed E-state index contributed by atoms with van der Waals surface area (Å²) in [6.07, 6.45) is 3.55. The molecule has 0 unspecified atom stereocenters. The molecule has 4 nitrogen and oxygen atoms in total. The molecule has 2 aromatic carbocycles. The minimum Gasteiger partial charge on any atom is -0.508 e. The Morgan fingerprint density at radius 1 is 1.00 bits per heavy atom. The number of nitrogens with zero attached hydrogens (tertiary/aromatic N) is 1. The standard InChI is InChI=1S/C15H12N2O2S/c18-11-6-4-10(5-7-11)14-12(2-1-3-13(14)19)17-9-8-16-15(17)20/h1-9,18-19H,(H,16,20). The van der Waals surface area contributed by atoms with Crippen molar-refractivity contribution >= 4 is 12.2 Å². The second-order valence-electron chi connectivity index (χ2n) is 4.35. The molecule has 1 heterocycles. The van der Waals surface area contributed by atoms with E-state index in [1.54, 1.807) is 53.4 Å². The van der Waals surface area contributed by atoms with E-state index in [-0.39, 0.29) is 11.5 Å². The summed E-state index contributed by atoms with van der Waals surface area (Å²) < 4.78 is 2.34. The number of phenolic OH excluding ortho intramolecular Hbond substituents is 2. The summed E-state index contributed by atoms with van der Waals surface area (Å²) in [6.45, 7) is 0. The van der Waals surface area contributed by atoms with Gasteiger partial charge in [-0.1, -0.05) is 18.2 Å². The van der Waals surface area contributed by atoms with Crippen molar-refractivity contribution in [2.45, 2.75) is 0 Å². The van der Waals surface area contributed by atoms with E-state index < -0.39 is 0 Å². The molecule has 0 aliphatic carbocycles. The number of benzene rings is 2. The summed E-state index contributed by atoms with van der Waals surface area (Å²) in [5.74, 6) is 0.347. The molecule has 0 amide bonds. The van der Waals surface area contributed by atoms with Crippen LogP contribution in [-0.2, 0) is 0 Å². The lowest BCUT2D eigenvalue weighted by Crippen LogP contribution is -1.96. The molecule has 1 aromatic heterocycles. The predicted octanol–water partition coefficient (Wildman–Crippen LogP) is 3.61. The van der Waals surface area contributed by atoms with E-state index in [0.717, 1.165) is 11.3 Å². The minimum atomic E-state index is 0.163. The maximum atomic E-state index is 10.2. The Morgan fingerprint density at radius 3 is 2.40 bits per heavy atom. The van der Waals surface area contributed by atoms with Crippen molar-refractivity contribution in [1.29, 1.82) is 0 Å². The van der Waals surface area contributed by atoms with Crippen LogP contribution in [0.5, 0.6) is 11.5 Å². The molecular weight excluding hydrogens is 272 g/mol. The van der Waals surface area contributed by atoms with Crippen LogP contribution in [0, 0.1) is 4.77 Å². The van der Waals surface area contributed by atoms with Gasteiger partial charge in [-0.25, -0.2) is 0 Å². The summed E-state index contributed by atoms with van der Waals surface area (Å²) in [5.41, 5.74) is 2.25. The Labute approximate surface area is 120 Å². The van der Waals surface area contributed by atoms with Gasteiger partial charge < -0.3 is 15.2 Å². The summed E-state index contributed by atoms with van der Waals surface area (Å²) in [5, 5.41) is 19.6. The molecule has 0 spiro atoms. The van der Waals surface area contributed by atoms with E-state index in [4.69, 9.17) is 12.2 Å². The van der Waals surface area contributed by atoms with Gasteiger partial charge in [0.25, 0.3) is 0 Å². The van der Waals surface area contributed by atoms with Crippen LogP contribution in [0.25, 0.3) is 16.8 Å². The zero-order valence-corrected chi connectivity index (χ0v) is 11.3. The minimum absolute atomic E-state index is 0.163. The zero-order valence-electron chi connectivity index (χ0n) is 10.4. The highest BCUT2D eigenvalue weighted by molar-refractivity contribution is 7.71. The van der Waals surface area contributed by atoms with Gasteiger partial charge in [0.15, 0.2) is 4.77 Å². The highest BCUT2D eigenvalue weighted by atomic mass is 32.1. The first-order chi connectivity index (χ1) is 9.66. The molecule has 3 aromatic rings. The number of rotatable bonds is 2. The highest BCUT2D eigenvalue weighted by Gasteiger charge is 2.12. The molecule has 0 radical (unpaired) electrons. The van der Waals surface area contributed by atoms with Gasteiger partial charge in [0, 0.05) is 18.0 Å². The number of aromatic nitrogens is 2.